The first-order valence-electron chi connectivity index (χ1n) is 9.56. The van der Waals surface area contributed by atoms with Crippen LogP contribution in [0.3, 0.4) is 0 Å². The van der Waals surface area contributed by atoms with Gasteiger partial charge in [0.2, 0.25) is 0 Å². The molecule has 3 rings (SSSR count). The molecule has 0 amide bonds. The molecule has 2 aromatic carbocycles. The third-order valence-corrected chi connectivity index (χ3v) is 10.5. The molecule has 0 spiro atoms. The molecule has 1 heterocycles. The topological polar surface area (TPSA) is 41.5 Å². The Bertz CT molecular complexity index is 645. The van der Waals surface area contributed by atoms with E-state index in [2.05, 4.69) is 86.8 Å². The Morgan fingerprint density at radius 3 is 1.96 bits per heavy atom. The van der Waals surface area contributed by atoms with E-state index in [1.807, 2.05) is 0 Å². The molecule has 0 unspecified atom stereocenters. The van der Waals surface area contributed by atoms with Crippen LogP contribution in [0.4, 0.5) is 0 Å². The fourth-order valence-electron chi connectivity index (χ4n) is 4.17. The Labute approximate surface area is 158 Å². The molecule has 0 bridgehead atoms. The van der Waals surface area contributed by atoms with Crippen LogP contribution < -0.4 is 15.7 Å². The maximum absolute atomic E-state index is 9.40. The zero-order valence-electron chi connectivity index (χ0n) is 16.1. The van der Waals surface area contributed by atoms with Gasteiger partial charge in [0.05, 0.1) is 6.61 Å². The molecule has 0 saturated carbocycles. The molecule has 0 aromatic heterocycles. The minimum atomic E-state index is -2.44. The zero-order valence-corrected chi connectivity index (χ0v) is 17.1. The second-order valence-electron chi connectivity index (χ2n) is 8.36. The van der Waals surface area contributed by atoms with Crippen molar-refractivity contribution in [1.29, 1.82) is 0 Å². The molecule has 140 valence electrons. The smallest absolute Gasteiger partial charge is 0.261 e. The number of aliphatic hydroxyl groups excluding tert-OH is 1. The summed E-state index contributed by atoms with van der Waals surface area (Å²) in [6.07, 6.45) is 0.981. The Kier molecular flexibility index (Phi) is 5.98. The largest absolute Gasteiger partial charge is 0.407 e. The molecule has 26 heavy (non-hydrogen) atoms. The number of benzene rings is 2. The summed E-state index contributed by atoms with van der Waals surface area (Å²) < 4.78 is 6.96. The standard InChI is InChI=1S/C22H31NO2Si/c1-22(2,3)26(20-10-6-4-7-11-20,21-12-8-5-9-13-21)25-17-18-14-19(16-24)23-15-18/h4-13,18-19,23-24H,14-17H2,1-3H3/t18-,19+/m1/s1. The van der Waals surface area contributed by atoms with Crippen LogP contribution in [-0.2, 0) is 4.43 Å². The van der Waals surface area contributed by atoms with Gasteiger partial charge in [-0.3, -0.25) is 0 Å². The van der Waals surface area contributed by atoms with Gasteiger partial charge in [0.25, 0.3) is 8.32 Å². The Balaban J connectivity index is 1.98. The van der Waals surface area contributed by atoms with E-state index in [1.165, 1.54) is 10.4 Å². The Morgan fingerprint density at radius 2 is 1.54 bits per heavy atom. The number of aliphatic hydroxyl groups is 1. The minimum absolute atomic E-state index is 0.0120. The second kappa shape index (κ2) is 8.05. The molecular formula is C22H31NO2Si. The average Bonchev–Trinajstić information content (AvgIpc) is 3.11. The van der Waals surface area contributed by atoms with Crippen molar-refractivity contribution < 1.29 is 9.53 Å². The summed E-state index contributed by atoms with van der Waals surface area (Å²) in [4.78, 5) is 0. The van der Waals surface area contributed by atoms with Gasteiger partial charge in [-0.15, -0.1) is 0 Å². The molecule has 1 aliphatic rings. The highest BCUT2D eigenvalue weighted by atomic mass is 28.4. The fraction of sp³-hybridized carbons (Fsp3) is 0.455. The third kappa shape index (κ3) is 3.79. The van der Waals surface area contributed by atoms with Crippen molar-refractivity contribution in [2.45, 2.75) is 38.3 Å². The van der Waals surface area contributed by atoms with Gasteiger partial charge in [-0.25, -0.2) is 0 Å². The van der Waals surface area contributed by atoms with Crippen molar-refractivity contribution in [2.75, 3.05) is 19.8 Å². The van der Waals surface area contributed by atoms with Crippen molar-refractivity contribution >= 4 is 18.7 Å². The van der Waals surface area contributed by atoms with Crippen LogP contribution in [0.25, 0.3) is 0 Å². The molecule has 2 N–H and O–H groups in total. The molecule has 4 heteroatoms. The molecule has 0 aliphatic carbocycles. The lowest BCUT2D eigenvalue weighted by atomic mass is 10.1. The van der Waals surface area contributed by atoms with E-state index >= 15 is 0 Å². The van der Waals surface area contributed by atoms with E-state index in [9.17, 15) is 5.11 Å². The van der Waals surface area contributed by atoms with Crippen LogP contribution in [0, 0.1) is 5.92 Å². The van der Waals surface area contributed by atoms with E-state index < -0.39 is 8.32 Å². The summed E-state index contributed by atoms with van der Waals surface area (Å²) in [5, 5.41) is 15.5. The average molecular weight is 370 g/mol. The minimum Gasteiger partial charge on any atom is -0.407 e. The Morgan fingerprint density at radius 1 is 1.00 bits per heavy atom. The number of rotatable bonds is 6. The van der Waals surface area contributed by atoms with Gasteiger partial charge in [0.15, 0.2) is 0 Å². The molecule has 3 nitrogen and oxygen atoms in total. The van der Waals surface area contributed by atoms with E-state index in [0.717, 1.165) is 19.6 Å². The van der Waals surface area contributed by atoms with Crippen LogP contribution in [0.5, 0.6) is 0 Å². The number of nitrogens with one attached hydrogen (secondary N) is 1. The monoisotopic (exact) mass is 369 g/mol. The highest BCUT2D eigenvalue weighted by molar-refractivity contribution is 6.99. The van der Waals surface area contributed by atoms with Crippen molar-refractivity contribution in [3.63, 3.8) is 0 Å². The summed E-state index contributed by atoms with van der Waals surface area (Å²) >= 11 is 0. The summed E-state index contributed by atoms with van der Waals surface area (Å²) in [7, 11) is -2.44. The SMILES string of the molecule is CC(C)(C)[Si](OC[C@H]1CN[C@H](CO)C1)(c1ccccc1)c1ccccc1. The Hall–Kier alpha value is -1.46. The summed E-state index contributed by atoms with van der Waals surface area (Å²) in [6, 6.07) is 21.8. The molecule has 0 radical (unpaired) electrons. The van der Waals surface area contributed by atoms with Crippen molar-refractivity contribution in [3.05, 3.63) is 60.7 Å². The van der Waals surface area contributed by atoms with E-state index in [0.29, 0.717) is 5.92 Å². The maximum Gasteiger partial charge on any atom is 0.261 e. The summed E-state index contributed by atoms with van der Waals surface area (Å²) in [5.74, 6) is 0.453. The lowest BCUT2D eigenvalue weighted by molar-refractivity contribution is 0.229. The lowest BCUT2D eigenvalue weighted by Crippen LogP contribution is -2.67. The van der Waals surface area contributed by atoms with Crippen LogP contribution in [-0.4, -0.2) is 39.2 Å². The van der Waals surface area contributed by atoms with Gasteiger partial charge < -0.3 is 14.8 Å². The maximum atomic E-state index is 9.40. The van der Waals surface area contributed by atoms with Crippen LogP contribution in [0.15, 0.2) is 60.7 Å². The van der Waals surface area contributed by atoms with Gasteiger partial charge in [0.1, 0.15) is 0 Å². The molecule has 2 atom stereocenters. The van der Waals surface area contributed by atoms with Crippen LogP contribution in [0.1, 0.15) is 27.2 Å². The van der Waals surface area contributed by atoms with Crippen molar-refractivity contribution in [1.82, 2.24) is 5.32 Å². The fourth-order valence-corrected chi connectivity index (χ4v) is 8.81. The first-order chi connectivity index (χ1) is 12.5. The predicted molar refractivity (Wildman–Crippen MR) is 111 cm³/mol. The first kappa shape index (κ1) is 19.3. The van der Waals surface area contributed by atoms with Crippen molar-refractivity contribution in [2.24, 2.45) is 5.92 Å². The number of hydrogen-bond donors (Lipinski definition) is 2. The second-order valence-corrected chi connectivity index (χ2v) is 12.7. The van der Waals surface area contributed by atoms with Crippen LogP contribution in [0.2, 0.25) is 5.04 Å². The summed E-state index contributed by atoms with van der Waals surface area (Å²) in [5.41, 5.74) is 0. The third-order valence-electron chi connectivity index (χ3n) is 5.49. The molecule has 1 fully saturated rings. The van der Waals surface area contributed by atoms with Gasteiger partial charge in [-0.05, 0) is 27.8 Å². The quantitative estimate of drug-likeness (QED) is 0.769. The highest BCUT2D eigenvalue weighted by Gasteiger charge is 2.50. The van der Waals surface area contributed by atoms with Gasteiger partial charge in [0, 0.05) is 19.2 Å². The van der Waals surface area contributed by atoms with E-state index in [4.69, 9.17) is 4.43 Å². The first-order valence-corrected chi connectivity index (χ1v) is 11.5. The van der Waals surface area contributed by atoms with Gasteiger partial charge in [-0.1, -0.05) is 81.4 Å². The number of hydrogen-bond acceptors (Lipinski definition) is 3. The van der Waals surface area contributed by atoms with E-state index in [-0.39, 0.29) is 17.7 Å². The van der Waals surface area contributed by atoms with Crippen LogP contribution >= 0.6 is 0 Å². The van der Waals surface area contributed by atoms with E-state index in [1.54, 1.807) is 0 Å². The normalized spacial score (nSPS) is 21.1. The summed E-state index contributed by atoms with van der Waals surface area (Å²) in [6.45, 7) is 8.78. The van der Waals surface area contributed by atoms with Gasteiger partial charge >= 0.3 is 0 Å². The lowest BCUT2D eigenvalue weighted by Gasteiger charge is -2.43. The zero-order chi connectivity index (χ0) is 18.6. The van der Waals surface area contributed by atoms with Crippen molar-refractivity contribution in [3.8, 4) is 0 Å². The predicted octanol–water partition coefficient (Wildman–Crippen LogP) is 2.53. The molecule has 2 aromatic rings. The molecular weight excluding hydrogens is 338 g/mol. The highest BCUT2D eigenvalue weighted by Crippen LogP contribution is 2.37. The molecule has 1 aliphatic heterocycles. The van der Waals surface area contributed by atoms with Gasteiger partial charge in [-0.2, -0.15) is 0 Å². The molecule has 1 saturated heterocycles.